The summed E-state index contributed by atoms with van der Waals surface area (Å²) in [5.41, 5.74) is -1.95. The number of sulfonamides is 1. The van der Waals surface area contributed by atoms with Crippen LogP contribution in [0.25, 0.3) is 6.08 Å². The summed E-state index contributed by atoms with van der Waals surface area (Å²) in [4.78, 5) is 32.2. The Morgan fingerprint density at radius 3 is 2.09 bits per heavy atom. The smallest absolute Gasteiger partial charge is 0.456 e. The molecular weight excluding hydrogens is 744 g/mol. The summed E-state index contributed by atoms with van der Waals surface area (Å²) >= 11 is 0. The molecule has 0 atom stereocenters. The number of aryl methyl sites for hydroxylation is 2. The van der Waals surface area contributed by atoms with E-state index in [2.05, 4.69) is 15.0 Å². The van der Waals surface area contributed by atoms with Gasteiger partial charge >= 0.3 is 18.3 Å². The molecular formula is C34H36F8N4O6S. The van der Waals surface area contributed by atoms with E-state index in [0.717, 1.165) is 15.8 Å². The van der Waals surface area contributed by atoms with Gasteiger partial charge in [0, 0.05) is 42.7 Å². The van der Waals surface area contributed by atoms with Crippen LogP contribution in [0.5, 0.6) is 5.75 Å². The van der Waals surface area contributed by atoms with Crippen molar-refractivity contribution in [2.24, 2.45) is 4.99 Å². The third-order valence-electron chi connectivity index (χ3n) is 9.65. The van der Waals surface area contributed by atoms with Gasteiger partial charge in [-0.25, -0.2) is 8.42 Å². The van der Waals surface area contributed by atoms with Gasteiger partial charge in [0.15, 0.2) is 6.61 Å². The number of aliphatic imine (C=N–C) groups is 1. The van der Waals surface area contributed by atoms with Crippen LogP contribution < -0.4 is 10.1 Å². The number of likely N-dealkylation sites (tertiary alicyclic amines) is 1. The molecule has 0 saturated carbocycles. The first-order valence-corrected chi connectivity index (χ1v) is 17.9. The lowest BCUT2D eigenvalue weighted by Gasteiger charge is -2.36. The molecule has 2 N–H and O–H groups in total. The van der Waals surface area contributed by atoms with Crippen molar-refractivity contribution >= 4 is 33.7 Å². The van der Waals surface area contributed by atoms with Crippen molar-refractivity contribution in [2.75, 3.05) is 32.8 Å². The van der Waals surface area contributed by atoms with Gasteiger partial charge in [0.2, 0.25) is 10.0 Å². The minimum Gasteiger partial charge on any atom is -0.486 e. The lowest BCUT2D eigenvalue weighted by atomic mass is 9.89. The number of hydrogen-bond acceptors (Lipinski definition) is 7. The fraction of sp³-hybridized carbons (Fsp3) is 0.500. The maximum absolute atomic E-state index is 13.5. The van der Waals surface area contributed by atoms with Crippen molar-refractivity contribution in [3.05, 3.63) is 69.1 Å². The Kier molecular flexibility index (Phi) is 10.6. The number of ether oxygens (including phenoxy) is 1. The van der Waals surface area contributed by atoms with Gasteiger partial charge in [0.25, 0.3) is 11.8 Å². The van der Waals surface area contributed by atoms with Crippen LogP contribution in [0, 0.1) is 13.8 Å². The van der Waals surface area contributed by atoms with E-state index >= 15 is 0 Å². The summed E-state index contributed by atoms with van der Waals surface area (Å²) in [5, 5.41) is 13.6. The second-order valence-electron chi connectivity index (χ2n) is 13.7. The number of carbonyl (C=O) groups excluding carboxylic acids is 2. The third kappa shape index (κ3) is 8.51. The van der Waals surface area contributed by atoms with Crippen LogP contribution in [0.2, 0.25) is 0 Å². The molecule has 2 aromatic carbocycles. The Bertz CT molecular complexity index is 1920. The highest BCUT2D eigenvalue weighted by Gasteiger charge is 2.58. The van der Waals surface area contributed by atoms with Gasteiger partial charge in [-0.3, -0.25) is 14.6 Å². The number of halogens is 8. The van der Waals surface area contributed by atoms with Crippen molar-refractivity contribution in [2.45, 2.75) is 75.9 Å². The number of carbonyl (C=O) groups is 2. The van der Waals surface area contributed by atoms with E-state index < -0.39 is 63.3 Å². The minimum atomic E-state index is -6.08. The zero-order valence-electron chi connectivity index (χ0n) is 28.7. The van der Waals surface area contributed by atoms with Crippen LogP contribution in [0.1, 0.15) is 70.8 Å². The standard InChI is InChI=1S/C34H36F8N4O6S/c1-20-16-23(28(47)45-11-7-30(3,49)8-12-45)17-21(2)24(20)6-15-53(50,51)46-13-9-31(10-14-46)29(48)43-27(44-31)22-4-5-25(33(37,38)39)26(18-22)52-19-32(35,36)34(40,41)42/h4-6,15-18,49H,7-14,19H2,1-3H3,(H,43,44,48)/b15-6+. The summed E-state index contributed by atoms with van der Waals surface area (Å²) in [6.45, 7) is 3.20. The topological polar surface area (TPSA) is 129 Å². The van der Waals surface area contributed by atoms with Gasteiger partial charge in [0.05, 0.1) is 11.2 Å². The molecule has 3 aliphatic rings. The average Bonchev–Trinajstić information content (AvgIpc) is 3.36. The molecule has 290 valence electrons. The molecule has 0 aromatic heterocycles. The highest BCUT2D eigenvalue weighted by molar-refractivity contribution is 7.92. The van der Waals surface area contributed by atoms with Gasteiger partial charge in [-0.1, -0.05) is 6.07 Å². The highest BCUT2D eigenvalue weighted by atomic mass is 32.2. The molecule has 2 fully saturated rings. The van der Waals surface area contributed by atoms with Crippen LogP contribution in [0.3, 0.4) is 0 Å². The van der Waals surface area contributed by atoms with Crippen LogP contribution in [0.4, 0.5) is 35.1 Å². The first kappa shape index (κ1) is 40.1. The number of piperidine rings is 2. The van der Waals surface area contributed by atoms with E-state index in [1.165, 1.54) is 6.08 Å². The van der Waals surface area contributed by atoms with Crippen LogP contribution in [-0.2, 0) is 21.0 Å². The van der Waals surface area contributed by atoms with Gasteiger partial charge < -0.3 is 20.1 Å². The maximum Gasteiger partial charge on any atom is 0.456 e. The third-order valence-corrected chi connectivity index (χ3v) is 11.2. The van der Waals surface area contributed by atoms with Crippen molar-refractivity contribution in [1.29, 1.82) is 0 Å². The van der Waals surface area contributed by atoms with E-state index in [-0.39, 0.29) is 43.2 Å². The summed E-state index contributed by atoms with van der Waals surface area (Å²) in [6, 6.07) is 5.11. The number of alkyl halides is 8. The van der Waals surface area contributed by atoms with Gasteiger partial charge in [-0.15, -0.1) is 0 Å². The van der Waals surface area contributed by atoms with Crippen molar-refractivity contribution in [3.63, 3.8) is 0 Å². The van der Waals surface area contributed by atoms with Gasteiger partial charge in [-0.2, -0.15) is 39.4 Å². The number of nitrogens with one attached hydrogen (secondary N) is 1. The molecule has 0 aliphatic carbocycles. The fourth-order valence-corrected chi connectivity index (χ4v) is 7.52. The second-order valence-corrected chi connectivity index (χ2v) is 15.5. The number of rotatable bonds is 8. The average molecular weight is 781 g/mol. The Hall–Kier alpha value is -4.10. The fourth-order valence-electron chi connectivity index (χ4n) is 6.35. The number of aliphatic hydroxyl groups is 1. The minimum absolute atomic E-state index is 0.141. The molecule has 0 radical (unpaired) electrons. The molecule has 0 bridgehead atoms. The van der Waals surface area contributed by atoms with Crippen LogP contribution in [0.15, 0.2) is 40.7 Å². The van der Waals surface area contributed by atoms with E-state index in [9.17, 15) is 58.2 Å². The normalized spacial score (nSPS) is 19.8. The summed E-state index contributed by atoms with van der Waals surface area (Å²) in [6.07, 6.45) is -9.25. The molecule has 2 saturated heterocycles. The molecule has 0 unspecified atom stereocenters. The SMILES string of the molecule is Cc1cc(C(=O)N2CCC(C)(O)CC2)cc(C)c1/C=C/S(=O)(=O)N1CCC2(CC1)N=C(c1ccc(C(F)(F)F)c(OCC(F)(F)C(F)(F)F)c1)NC2=O. The molecule has 5 rings (SSSR count). The molecule has 2 aromatic rings. The number of benzene rings is 2. The predicted octanol–water partition coefficient (Wildman–Crippen LogP) is 5.60. The van der Waals surface area contributed by atoms with E-state index in [1.54, 1.807) is 37.8 Å². The molecule has 53 heavy (non-hydrogen) atoms. The van der Waals surface area contributed by atoms with Gasteiger partial charge in [0.1, 0.15) is 17.1 Å². The lowest BCUT2D eigenvalue weighted by molar-refractivity contribution is -0.290. The Balaban J connectivity index is 1.28. The molecule has 3 heterocycles. The molecule has 10 nitrogen and oxygen atoms in total. The first-order valence-electron chi connectivity index (χ1n) is 16.4. The summed E-state index contributed by atoms with van der Waals surface area (Å²) in [7, 11) is -4.04. The number of nitrogens with zero attached hydrogens (tertiary/aromatic N) is 3. The van der Waals surface area contributed by atoms with E-state index in [0.29, 0.717) is 60.3 Å². The zero-order valence-corrected chi connectivity index (χ0v) is 29.5. The molecule has 2 amide bonds. The number of hydrogen-bond donors (Lipinski definition) is 2. The summed E-state index contributed by atoms with van der Waals surface area (Å²) in [5.74, 6) is -8.00. The maximum atomic E-state index is 13.5. The van der Waals surface area contributed by atoms with Crippen molar-refractivity contribution in [3.8, 4) is 5.75 Å². The Morgan fingerprint density at radius 1 is 0.962 bits per heavy atom. The van der Waals surface area contributed by atoms with E-state index in [1.807, 2.05) is 0 Å². The van der Waals surface area contributed by atoms with Crippen molar-refractivity contribution < 1.29 is 63.0 Å². The number of amides is 2. The van der Waals surface area contributed by atoms with Crippen LogP contribution in [-0.4, -0.2) is 96.4 Å². The summed E-state index contributed by atoms with van der Waals surface area (Å²) < 4.78 is 138. The van der Waals surface area contributed by atoms with Crippen molar-refractivity contribution in [1.82, 2.24) is 14.5 Å². The zero-order chi connectivity index (χ0) is 39.4. The Morgan fingerprint density at radius 2 is 1.55 bits per heavy atom. The van der Waals surface area contributed by atoms with Crippen LogP contribution >= 0.6 is 0 Å². The monoisotopic (exact) mass is 780 g/mol. The predicted molar refractivity (Wildman–Crippen MR) is 176 cm³/mol. The molecule has 19 heteroatoms. The van der Waals surface area contributed by atoms with Gasteiger partial charge in [-0.05, 0) is 93.5 Å². The molecule has 1 spiro atoms. The second kappa shape index (κ2) is 14.0. The molecule has 3 aliphatic heterocycles. The lowest BCUT2D eigenvalue weighted by Crippen LogP contribution is -2.50. The van der Waals surface area contributed by atoms with E-state index in [4.69, 9.17) is 0 Å². The highest BCUT2D eigenvalue weighted by Crippen LogP contribution is 2.41. The Labute approximate surface area is 299 Å². The number of amidine groups is 1. The largest absolute Gasteiger partial charge is 0.486 e. The quantitative estimate of drug-likeness (QED) is 0.336. The first-order chi connectivity index (χ1) is 24.3.